The number of imidazole rings is 2. The summed E-state index contributed by atoms with van der Waals surface area (Å²) >= 11 is 0. The predicted octanol–water partition coefficient (Wildman–Crippen LogP) is 5.12. The molecule has 33 heavy (non-hydrogen) atoms. The van der Waals surface area contributed by atoms with Crippen LogP contribution in [0.4, 0.5) is 4.39 Å². The highest BCUT2D eigenvalue weighted by Crippen LogP contribution is 2.30. The first-order valence-corrected chi connectivity index (χ1v) is 11.7. The van der Waals surface area contributed by atoms with E-state index in [1.54, 1.807) is 12.3 Å². The molecule has 6 nitrogen and oxygen atoms in total. The van der Waals surface area contributed by atoms with E-state index in [1.165, 1.54) is 6.42 Å². The van der Waals surface area contributed by atoms with E-state index in [1.807, 2.05) is 30.5 Å². The Kier molecular flexibility index (Phi) is 5.28. The minimum Gasteiger partial charge on any atom is -0.341 e. The normalized spacial score (nSPS) is 20.5. The lowest BCUT2D eigenvalue weighted by atomic mass is 10.0. The second-order valence-corrected chi connectivity index (χ2v) is 8.93. The van der Waals surface area contributed by atoms with Crippen LogP contribution >= 0.6 is 0 Å². The van der Waals surface area contributed by atoms with Crippen molar-refractivity contribution < 1.29 is 4.39 Å². The quantitative estimate of drug-likeness (QED) is 0.346. The number of aromatic nitrogens is 4. The Labute approximate surface area is 192 Å². The van der Waals surface area contributed by atoms with E-state index in [-0.39, 0.29) is 11.9 Å². The van der Waals surface area contributed by atoms with Gasteiger partial charge in [-0.05, 0) is 67.6 Å². The lowest BCUT2D eigenvalue weighted by Crippen LogP contribution is -2.14. The van der Waals surface area contributed by atoms with Crippen LogP contribution < -0.4 is 10.6 Å². The van der Waals surface area contributed by atoms with Crippen LogP contribution in [0.3, 0.4) is 0 Å². The van der Waals surface area contributed by atoms with E-state index in [0.29, 0.717) is 17.3 Å². The summed E-state index contributed by atoms with van der Waals surface area (Å²) in [5.41, 5.74) is 5.14. The van der Waals surface area contributed by atoms with Gasteiger partial charge < -0.3 is 20.6 Å². The molecular weight excluding hydrogens is 415 g/mol. The van der Waals surface area contributed by atoms with Crippen molar-refractivity contribution in [3.05, 3.63) is 72.3 Å². The highest BCUT2D eigenvalue weighted by molar-refractivity contribution is 5.72. The molecule has 0 saturated carbocycles. The summed E-state index contributed by atoms with van der Waals surface area (Å²) in [5, 5.41) is 6.88. The fourth-order valence-electron chi connectivity index (χ4n) is 4.90. The van der Waals surface area contributed by atoms with E-state index in [0.717, 1.165) is 66.4 Å². The summed E-state index contributed by atoms with van der Waals surface area (Å²) in [7, 11) is 0. The molecule has 7 heteroatoms. The Morgan fingerprint density at radius 1 is 0.697 bits per heavy atom. The van der Waals surface area contributed by atoms with Gasteiger partial charge in [0.25, 0.3) is 0 Å². The largest absolute Gasteiger partial charge is 0.341 e. The maximum absolute atomic E-state index is 15.0. The molecular formula is C26H27FN6. The summed E-state index contributed by atoms with van der Waals surface area (Å²) in [4.78, 5) is 15.7. The van der Waals surface area contributed by atoms with Gasteiger partial charge in [0.1, 0.15) is 17.5 Å². The van der Waals surface area contributed by atoms with Gasteiger partial charge in [-0.3, -0.25) is 0 Å². The highest BCUT2D eigenvalue weighted by atomic mass is 19.1. The number of nitrogens with one attached hydrogen (secondary N) is 4. The van der Waals surface area contributed by atoms with Gasteiger partial charge in [0.2, 0.25) is 0 Å². The van der Waals surface area contributed by atoms with Crippen LogP contribution in [-0.4, -0.2) is 33.0 Å². The van der Waals surface area contributed by atoms with Gasteiger partial charge in [-0.15, -0.1) is 0 Å². The van der Waals surface area contributed by atoms with E-state index >= 15 is 4.39 Å². The minimum absolute atomic E-state index is 0.236. The van der Waals surface area contributed by atoms with Crippen molar-refractivity contribution in [2.75, 3.05) is 13.1 Å². The van der Waals surface area contributed by atoms with Crippen LogP contribution in [0.1, 0.15) is 49.4 Å². The fraction of sp³-hybridized carbons (Fsp3) is 0.308. The number of benzene rings is 2. The van der Waals surface area contributed by atoms with Crippen molar-refractivity contribution in [1.82, 2.24) is 30.6 Å². The molecule has 2 aliphatic rings. The lowest BCUT2D eigenvalue weighted by Gasteiger charge is -2.08. The number of nitrogens with zero attached hydrogens (tertiary/aromatic N) is 2. The Bertz CT molecular complexity index is 1250. The molecule has 2 fully saturated rings. The molecule has 0 spiro atoms. The first-order chi connectivity index (χ1) is 16.2. The van der Waals surface area contributed by atoms with Crippen molar-refractivity contribution in [2.45, 2.75) is 37.8 Å². The van der Waals surface area contributed by atoms with Gasteiger partial charge in [-0.2, -0.15) is 0 Å². The zero-order chi connectivity index (χ0) is 22.2. The smallest absolute Gasteiger partial charge is 0.133 e. The standard InChI is InChI=1S/C26H27FN6/c27-20-13-18(9-10-19(20)24-15-31-26(33-24)22-4-2-12-29-22)16-5-7-17(8-6-16)23-14-30-25(32-23)21-3-1-11-28-21/h5-10,13-15,21-22,28-29H,1-4,11-12H2,(H,30,32)(H,31,33)/t21-,22-/m0/s1. The van der Waals surface area contributed by atoms with E-state index < -0.39 is 0 Å². The average Bonchev–Trinajstić information content (AvgIpc) is 3.64. The molecule has 6 rings (SSSR count). The lowest BCUT2D eigenvalue weighted by molar-refractivity contribution is 0.612. The van der Waals surface area contributed by atoms with Crippen LogP contribution in [0.5, 0.6) is 0 Å². The van der Waals surface area contributed by atoms with Crippen LogP contribution in [0, 0.1) is 5.82 Å². The Morgan fingerprint density at radius 3 is 1.88 bits per heavy atom. The summed E-state index contributed by atoms with van der Waals surface area (Å²) in [6, 6.07) is 14.1. The van der Waals surface area contributed by atoms with Gasteiger partial charge in [-0.1, -0.05) is 30.3 Å². The van der Waals surface area contributed by atoms with Crippen molar-refractivity contribution in [3.8, 4) is 33.6 Å². The molecule has 0 unspecified atom stereocenters. The summed E-state index contributed by atoms with van der Waals surface area (Å²) in [6.07, 6.45) is 8.11. The van der Waals surface area contributed by atoms with Gasteiger partial charge >= 0.3 is 0 Å². The molecule has 2 aromatic carbocycles. The third kappa shape index (κ3) is 3.98. The van der Waals surface area contributed by atoms with Crippen LogP contribution in [-0.2, 0) is 0 Å². The maximum Gasteiger partial charge on any atom is 0.133 e. The number of H-pyrrole nitrogens is 2. The van der Waals surface area contributed by atoms with E-state index in [2.05, 4.69) is 42.7 Å². The highest BCUT2D eigenvalue weighted by Gasteiger charge is 2.21. The first-order valence-electron chi connectivity index (χ1n) is 11.7. The van der Waals surface area contributed by atoms with Gasteiger partial charge in [0.05, 0.1) is 35.9 Å². The number of rotatable bonds is 5. The molecule has 4 heterocycles. The summed E-state index contributed by atoms with van der Waals surface area (Å²) < 4.78 is 15.0. The number of hydrogen-bond donors (Lipinski definition) is 4. The molecule has 0 radical (unpaired) electrons. The molecule has 4 aromatic rings. The van der Waals surface area contributed by atoms with Crippen molar-refractivity contribution in [1.29, 1.82) is 0 Å². The average molecular weight is 443 g/mol. The Balaban J connectivity index is 1.20. The molecule has 2 aromatic heterocycles. The maximum atomic E-state index is 15.0. The molecule has 2 saturated heterocycles. The number of halogens is 1. The molecule has 2 aliphatic heterocycles. The monoisotopic (exact) mass is 442 g/mol. The SMILES string of the molecule is Fc1cc(-c2ccc(-c3cnc([C@@H]4CCCN4)[nH]3)cc2)ccc1-c1cnc([C@@H]2CCCN2)[nH]1. The summed E-state index contributed by atoms with van der Waals surface area (Å²) in [5.74, 6) is 1.62. The predicted molar refractivity (Wildman–Crippen MR) is 127 cm³/mol. The van der Waals surface area contributed by atoms with Crippen molar-refractivity contribution >= 4 is 0 Å². The Morgan fingerprint density at radius 2 is 1.27 bits per heavy atom. The second-order valence-electron chi connectivity index (χ2n) is 8.93. The van der Waals surface area contributed by atoms with Gasteiger partial charge in [0, 0.05) is 5.56 Å². The zero-order valence-corrected chi connectivity index (χ0v) is 18.4. The fourth-order valence-corrected chi connectivity index (χ4v) is 4.90. The summed E-state index contributed by atoms with van der Waals surface area (Å²) in [6.45, 7) is 2.05. The van der Waals surface area contributed by atoms with Crippen LogP contribution in [0.25, 0.3) is 33.6 Å². The third-order valence-corrected chi connectivity index (χ3v) is 6.76. The van der Waals surface area contributed by atoms with E-state index in [4.69, 9.17) is 0 Å². The molecule has 168 valence electrons. The molecule has 0 aliphatic carbocycles. The molecule has 0 bridgehead atoms. The zero-order valence-electron chi connectivity index (χ0n) is 18.4. The molecule has 2 atom stereocenters. The van der Waals surface area contributed by atoms with Gasteiger partial charge in [0.15, 0.2) is 0 Å². The molecule has 4 N–H and O–H groups in total. The van der Waals surface area contributed by atoms with Crippen molar-refractivity contribution in [3.63, 3.8) is 0 Å². The third-order valence-electron chi connectivity index (χ3n) is 6.76. The topological polar surface area (TPSA) is 81.4 Å². The van der Waals surface area contributed by atoms with Gasteiger partial charge in [-0.25, -0.2) is 14.4 Å². The Hall–Kier alpha value is -3.29. The molecule has 0 amide bonds. The van der Waals surface area contributed by atoms with Crippen molar-refractivity contribution in [2.24, 2.45) is 0 Å². The van der Waals surface area contributed by atoms with E-state index in [9.17, 15) is 0 Å². The second kappa shape index (κ2) is 8.57. The minimum atomic E-state index is -0.256. The van der Waals surface area contributed by atoms with Crippen LogP contribution in [0.15, 0.2) is 54.9 Å². The first kappa shape index (κ1) is 20.3. The number of hydrogen-bond acceptors (Lipinski definition) is 4. The van der Waals surface area contributed by atoms with Crippen LogP contribution in [0.2, 0.25) is 0 Å². The number of aromatic amines is 2.